The van der Waals surface area contributed by atoms with E-state index in [-0.39, 0.29) is 5.91 Å². The zero-order valence-corrected chi connectivity index (χ0v) is 19.1. The molecule has 5 heteroatoms. The number of hydrogen-bond acceptors (Lipinski definition) is 3. The van der Waals surface area contributed by atoms with Gasteiger partial charge in [-0.15, -0.1) is 11.8 Å². The maximum Gasteiger partial charge on any atom is 0.251 e. The molecule has 0 radical (unpaired) electrons. The summed E-state index contributed by atoms with van der Waals surface area (Å²) in [5.74, 6) is 1.55. The van der Waals surface area contributed by atoms with Crippen LogP contribution in [0.4, 0.5) is 0 Å². The Labute approximate surface area is 189 Å². The van der Waals surface area contributed by atoms with Gasteiger partial charge in [0.25, 0.3) is 5.91 Å². The van der Waals surface area contributed by atoms with Gasteiger partial charge in [0.2, 0.25) is 0 Å². The molecule has 160 valence electrons. The fraction of sp³-hybridized carbons (Fsp3) is 0.480. The number of halogens is 1. The standard InChI is InChI=1S/C25H31ClN2OS/c26-23-11-10-20-12-14-27-15-13-22(20)24(23)30-17-19-6-8-21(9-7-19)25(29)28-16-18-4-2-1-3-5-18/h6-11,18,27H,1-5,12-17H2,(H,28,29). The normalized spacial score (nSPS) is 17.2. The number of amides is 1. The van der Waals surface area contributed by atoms with Crippen molar-refractivity contribution in [1.82, 2.24) is 10.6 Å². The summed E-state index contributed by atoms with van der Waals surface area (Å²) in [7, 11) is 0. The molecule has 30 heavy (non-hydrogen) atoms. The number of carbonyl (C=O) groups excluding carboxylic acids is 1. The molecule has 0 unspecified atom stereocenters. The molecule has 0 atom stereocenters. The minimum atomic E-state index is 0.0451. The first kappa shape index (κ1) is 21.7. The second-order valence-electron chi connectivity index (χ2n) is 8.46. The smallest absolute Gasteiger partial charge is 0.251 e. The van der Waals surface area contributed by atoms with E-state index in [0.29, 0.717) is 5.92 Å². The lowest BCUT2D eigenvalue weighted by atomic mass is 9.89. The topological polar surface area (TPSA) is 41.1 Å². The Kier molecular flexibility index (Phi) is 7.75. The van der Waals surface area contributed by atoms with E-state index in [4.69, 9.17) is 11.6 Å². The Balaban J connectivity index is 1.34. The molecule has 1 fully saturated rings. The van der Waals surface area contributed by atoms with Crippen LogP contribution >= 0.6 is 23.4 Å². The van der Waals surface area contributed by atoms with Crippen molar-refractivity contribution in [3.05, 3.63) is 63.7 Å². The molecule has 1 amide bonds. The second kappa shape index (κ2) is 10.7. The van der Waals surface area contributed by atoms with Crippen LogP contribution in [0.1, 0.15) is 59.2 Å². The fourth-order valence-electron chi connectivity index (χ4n) is 4.50. The number of carbonyl (C=O) groups is 1. The summed E-state index contributed by atoms with van der Waals surface area (Å²) in [5.41, 5.74) is 4.77. The number of fused-ring (bicyclic) bond motifs is 1. The highest BCUT2D eigenvalue weighted by molar-refractivity contribution is 7.98. The average Bonchev–Trinajstić information content (AvgIpc) is 3.03. The van der Waals surface area contributed by atoms with Crippen LogP contribution in [0, 0.1) is 5.92 Å². The quantitative estimate of drug-likeness (QED) is 0.569. The molecule has 1 saturated carbocycles. The van der Waals surface area contributed by atoms with Crippen LogP contribution in [-0.2, 0) is 18.6 Å². The molecule has 1 aliphatic heterocycles. The third-order valence-electron chi connectivity index (χ3n) is 6.31. The maximum absolute atomic E-state index is 12.5. The van der Waals surface area contributed by atoms with Crippen molar-refractivity contribution in [1.29, 1.82) is 0 Å². The predicted octanol–water partition coefficient (Wildman–Crippen LogP) is 5.63. The molecule has 2 N–H and O–H groups in total. The molecule has 2 aromatic rings. The van der Waals surface area contributed by atoms with Gasteiger partial charge in [-0.05, 0) is 79.6 Å². The van der Waals surface area contributed by atoms with Crippen LogP contribution in [-0.4, -0.2) is 25.5 Å². The van der Waals surface area contributed by atoms with E-state index >= 15 is 0 Å². The molecule has 0 saturated heterocycles. The summed E-state index contributed by atoms with van der Waals surface area (Å²) < 4.78 is 0. The molecule has 2 aliphatic rings. The van der Waals surface area contributed by atoms with Crippen LogP contribution in [0.15, 0.2) is 41.3 Å². The maximum atomic E-state index is 12.5. The Morgan fingerprint density at radius 3 is 2.60 bits per heavy atom. The summed E-state index contributed by atoms with van der Waals surface area (Å²) in [4.78, 5) is 13.7. The Morgan fingerprint density at radius 1 is 1.03 bits per heavy atom. The first-order valence-corrected chi connectivity index (χ1v) is 12.6. The Morgan fingerprint density at radius 2 is 1.80 bits per heavy atom. The van der Waals surface area contributed by atoms with E-state index in [1.54, 1.807) is 0 Å². The number of thioether (sulfide) groups is 1. The van der Waals surface area contributed by atoms with Gasteiger partial charge in [-0.25, -0.2) is 0 Å². The molecule has 0 bridgehead atoms. The molecule has 2 aromatic carbocycles. The van der Waals surface area contributed by atoms with E-state index in [0.717, 1.165) is 48.8 Å². The highest BCUT2D eigenvalue weighted by Crippen LogP contribution is 2.36. The number of rotatable bonds is 6. The zero-order chi connectivity index (χ0) is 20.8. The highest BCUT2D eigenvalue weighted by Gasteiger charge is 2.16. The van der Waals surface area contributed by atoms with Gasteiger partial charge in [-0.3, -0.25) is 4.79 Å². The third-order valence-corrected chi connectivity index (χ3v) is 7.97. The van der Waals surface area contributed by atoms with Gasteiger partial charge in [0.15, 0.2) is 0 Å². The lowest BCUT2D eigenvalue weighted by molar-refractivity contribution is 0.0943. The van der Waals surface area contributed by atoms with E-state index in [1.165, 1.54) is 53.7 Å². The van der Waals surface area contributed by atoms with Gasteiger partial charge in [0.05, 0.1) is 5.02 Å². The van der Waals surface area contributed by atoms with Crippen molar-refractivity contribution in [2.24, 2.45) is 5.92 Å². The molecular weight excluding hydrogens is 412 g/mol. The van der Waals surface area contributed by atoms with Gasteiger partial charge in [0.1, 0.15) is 0 Å². The molecule has 3 nitrogen and oxygen atoms in total. The molecule has 1 heterocycles. The van der Waals surface area contributed by atoms with Gasteiger partial charge in [0, 0.05) is 22.8 Å². The van der Waals surface area contributed by atoms with Crippen LogP contribution < -0.4 is 10.6 Å². The highest BCUT2D eigenvalue weighted by atomic mass is 35.5. The Hall–Kier alpha value is -1.49. The minimum Gasteiger partial charge on any atom is -0.352 e. The monoisotopic (exact) mass is 442 g/mol. The van der Waals surface area contributed by atoms with Gasteiger partial charge < -0.3 is 10.6 Å². The summed E-state index contributed by atoms with van der Waals surface area (Å²) >= 11 is 8.36. The van der Waals surface area contributed by atoms with E-state index in [1.807, 2.05) is 30.0 Å². The van der Waals surface area contributed by atoms with Crippen LogP contribution in [0.5, 0.6) is 0 Å². The minimum absolute atomic E-state index is 0.0451. The molecule has 1 aliphatic carbocycles. The molecule has 0 spiro atoms. The first-order valence-electron chi connectivity index (χ1n) is 11.2. The lowest BCUT2D eigenvalue weighted by Gasteiger charge is -2.21. The average molecular weight is 443 g/mol. The lowest BCUT2D eigenvalue weighted by Crippen LogP contribution is -2.30. The van der Waals surface area contributed by atoms with Crippen LogP contribution in [0.25, 0.3) is 0 Å². The zero-order valence-electron chi connectivity index (χ0n) is 17.5. The summed E-state index contributed by atoms with van der Waals surface area (Å²) in [6, 6.07) is 12.2. The second-order valence-corrected chi connectivity index (χ2v) is 9.86. The van der Waals surface area contributed by atoms with Crippen molar-refractivity contribution in [2.75, 3.05) is 19.6 Å². The summed E-state index contributed by atoms with van der Waals surface area (Å²) in [6.45, 7) is 2.84. The summed E-state index contributed by atoms with van der Waals surface area (Å²) in [5, 5.41) is 7.44. The van der Waals surface area contributed by atoms with E-state index in [2.05, 4.69) is 28.8 Å². The number of benzene rings is 2. The van der Waals surface area contributed by atoms with Gasteiger partial charge >= 0.3 is 0 Å². The van der Waals surface area contributed by atoms with E-state index < -0.39 is 0 Å². The van der Waals surface area contributed by atoms with E-state index in [9.17, 15) is 4.79 Å². The fourth-order valence-corrected chi connectivity index (χ4v) is 5.96. The van der Waals surface area contributed by atoms with Crippen molar-refractivity contribution in [3.8, 4) is 0 Å². The summed E-state index contributed by atoms with van der Waals surface area (Å²) in [6.07, 6.45) is 8.54. The SMILES string of the molecule is O=C(NCC1CCCCC1)c1ccc(CSc2c(Cl)ccc3c2CCNCC3)cc1. The van der Waals surface area contributed by atoms with Gasteiger partial charge in [-0.1, -0.05) is 49.1 Å². The van der Waals surface area contributed by atoms with Crippen LogP contribution in [0.2, 0.25) is 5.02 Å². The molecular formula is C25H31ClN2OS. The largest absolute Gasteiger partial charge is 0.352 e. The number of nitrogens with one attached hydrogen (secondary N) is 2. The molecule has 4 rings (SSSR count). The number of hydrogen-bond donors (Lipinski definition) is 2. The van der Waals surface area contributed by atoms with Gasteiger partial charge in [-0.2, -0.15) is 0 Å². The van der Waals surface area contributed by atoms with Crippen molar-refractivity contribution < 1.29 is 4.79 Å². The molecule has 0 aromatic heterocycles. The predicted molar refractivity (Wildman–Crippen MR) is 127 cm³/mol. The first-order chi connectivity index (χ1) is 14.7. The third kappa shape index (κ3) is 5.60. The van der Waals surface area contributed by atoms with Crippen molar-refractivity contribution in [3.63, 3.8) is 0 Å². The Bertz CT molecular complexity index is 862. The van der Waals surface area contributed by atoms with Crippen molar-refractivity contribution >= 4 is 29.3 Å². The van der Waals surface area contributed by atoms with Crippen molar-refractivity contribution in [2.45, 2.75) is 55.6 Å². The van der Waals surface area contributed by atoms with Crippen LogP contribution in [0.3, 0.4) is 0 Å².